The number of fused-ring (bicyclic) bond motifs is 2. The van der Waals surface area contributed by atoms with Crippen molar-refractivity contribution in [3.05, 3.63) is 95.5 Å². The summed E-state index contributed by atoms with van der Waals surface area (Å²) in [5.74, 6) is 0. The fraction of sp³-hybridized carbons (Fsp3) is 0.143. The summed E-state index contributed by atoms with van der Waals surface area (Å²) in [5, 5.41) is 4.21. The molecule has 0 bridgehead atoms. The van der Waals surface area contributed by atoms with Crippen LogP contribution in [-0.2, 0) is 0 Å². The van der Waals surface area contributed by atoms with E-state index >= 15 is 0 Å². The van der Waals surface area contributed by atoms with Crippen LogP contribution in [0.5, 0.6) is 0 Å². The van der Waals surface area contributed by atoms with Gasteiger partial charge in [-0.1, -0.05) is 74.7 Å². The molecule has 3 rings (SSSR count). The summed E-state index contributed by atoms with van der Waals surface area (Å²) in [6, 6.07) is 8.74. The molecule has 0 radical (unpaired) electrons. The van der Waals surface area contributed by atoms with E-state index in [0.29, 0.717) is 0 Å². The SMILES string of the molecule is C=CCP(CC=C)C1=c2ccccc2=CC=C2CC=CC=C21. The van der Waals surface area contributed by atoms with Crippen molar-refractivity contribution in [1.82, 2.24) is 0 Å². The molecule has 0 saturated heterocycles. The van der Waals surface area contributed by atoms with E-state index in [9.17, 15) is 0 Å². The lowest BCUT2D eigenvalue weighted by atomic mass is 9.97. The molecule has 1 heteroatoms. The van der Waals surface area contributed by atoms with Gasteiger partial charge in [-0.3, -0.25) is 0 Å². The lowest BCUT2D eigenvalue weighted by Crippen LogP contribution is -2.26. The maximum atomic E-state index is 3.97. The number of allylic oxidation sites excluding steroid dienone is 8. The molecule has 0 fully saturated rings. The third kappa shape index (κ3) is 2.85. The molecule has 2 aliphatic rings. The van der Waals surface area contributed by atoms with Crippen LogP contribution in [0.1, 0.15) is 6.42 Å². The number of rotatable bonds is 5. The Kier molecular flexibility index (Phi) is 4.71. The molecule has 1 aromatic carbocycles. The number of benzene rings is 1. The summed E-state index contributed by atoms with van der Waals surface area (Å²) in [6.45, 7) is 7.95. The van der Waals surface area contributed by atoms with Crippen LogP contribution in [0.3, 0.4) is 0 Å². The van der Waals surface area contributed by atoms with Gasteiger partial charge in [0, 0.05) is 0 Å². The molecule has 0 nitrogen and oxygen atoms in total. The predicted molar refractivity (Wildman–Crippen MR) is 101 cm³/mol. The molecule has 2 aliphatic carbocycles. The molecule has 0 heterocycles. The average Bonchev–Trinajstić information content (AvgIpc) is 2.71. The van der Waals surface area contributed by atoms with E-state index < -0.39 is 0 Å². The van der Waals surface area contributed by atoms with E-state index in [2.05, 4.69) is 80.0 Å². The van der Waals surface area contributed by atoms with Crippen molar-refractivity contribution in [2.75, 3.05) is 12.3 Å². The molecule has 0 aliphatic heterocycles. The smallest absolute Gasteiger partial charge is 0.00812 e. The largest absolute Gasteiger partial charge is 0.103 e. The molecule has 0 aromatic heterocycles. The first-order chi connectivity index (χ1) is 10.8. The monoisotopic (exact) mass is 304 g/mol. The van der Waals surface area contributed by atoms with Gasteiger partial charge >= 0.3 is 0 Å². The third-order valence-corrected chi connectivity index (χ3v) is 6.55. The van der Waals surface area contributed by atoms with Gasteiger partial charge in [0.05, 0.1) is 0 Å². The van der Waals surface area contributed by atoms with Crippen molar-refractivity contribution in [3.8, 4) is 0 Å². The Bertz CT molecular complexity index is 793. The minimum Gasteiger partial charge on any atom is -0.103 e. The van der Waals surface area contributed by atoms with Crippen LogP contribution in [0, 0.1) is 0 Å². The highest BCUT2D eigenvalue weighted by molar-refractivity contribution is 7.68. The van der Waals surface area contributed by atoms with E-state index in [1.807, 2.05) is 0 Å². The van der Waals surface area contributed by atoms with Gasteiger partial charge in [-0.15, -0.1) is 13.2 Å². The molecular weight excluding hydrogens is 283 g/mol. The Morgan fingerprint density at radius 1 is 1.00 bits per heavy atom. The number of hydrogen-bond donors (Lipinski definition) is 0. The summed E-state index contributed by atoms with van der Waals surface area (Å²) in [7, 11) is -0.309. The van der Waals surface area contributed by atoms with Crippen LogP contribution in [-0.4, -0.2) is 12.3 Å². The van der Waals surface area contributed by atoms with Crippen molar-refractivity contribution in [2.45, 2.75) is 6.42 Å². The summed E-state index contributed by atoms with van der Waals surface area (Å²) in [6.07, 6.45) is 18.5. The van der Waals surface area contributed by atoms with E-state index in [-0.39, 0.29) is 7.92 Å². The molecule has 0 spiro atoms. The van der Waals surface area contributed by atoms with Crippen molar-refractivity contribution >= 4 is 19.3 Å². The molecular formula is C21H21P. The van der Waals surface area contributed by atoms with Gasteiger partial charge < -0.3 is 0 Å². The first kappa shape index (κ1) is 15.0. The Morgan fingerprint density at radius 3 is 2.55 bits per heavy atom. The van der Waals surface area contributed by atoms with Crippen molar-refractivity contribution in [3.63, 3.8) is 0 Å². The fourth-order valence-corrected chi connectivity index (χ4v) is 5.31. The van der Waals surface area contributed by atoms with Crippen LogP contribution >= 0.6 is 7.92 Å². The zero-order chi connectivity index (χ0) is 15.4. The molecule has 0 atom stereocenters. The Hall–Kier alpha value is -1.91. The highest BCUT2D eigenvalue weighted by Crippen LogP contribution is 2.51. The summed E-state index contributed by atoms with van der Waals surface area (Å²) < 4.78 is 0. The lowest BCUT2D eigenvalue weighted by molar-refractivity contribution is 1.23. The topological polar surface area (TPSA) is 0 Å². The second-order valence-corrected chi connectivity index (χ2v) is 7.75. The Labute approximate surface area is 134 Å². The lowest BCUT2D eigenvalue weighted by Gasteiger charge is -2.24. The molecule has 0 amide bonds. The van der Waals surface area contributed by atoms with E-state index in [0.717, 1.165) is 18.7 Å². The molecule has 22 heavy (non-hydrogen) atoms. The maximum absolute atomic E-state index is 3.97. The van der Waals surface area contributed by atoms with Gasteiger partial charge in [0.1, 0.15) is 0 Å². The second-order valence-electron chi connectivity index (χ2n) is 5.49. The van der Waals surface area contributed by atoms with Crippen LogP contribution in [0.15, 0.2) is 85.0 Å². The average molecular weight is 304 g/mol. The zero-order valence-electron chi connectivity index (χ0n) is 12.8. The molecule has 0 saturated carbocycles. The van der Waals surface area contributed by atoms with Crippen LogP contribution in [0.2, 0.25) is 0 Å². The van der Waals surface area contributed by atoms with Gasteiger partial charge in [0.15, 0.2) is 0 Å². The zero-order valence-corrected chi connectivity index (χ0v) is 13.7. The van der Waals surface area contributed by atoms with E-state index in [1.165, 1.54) is 26.9 Å². The minimum absolute atomic E-state index is 0.309. The summed E-state index contributed by atoms with van der Waals surface area (Å²) >= 11 is 0. The van der Waals surface area contributed by atoms with Crippen LogP contribution in [0.25, 0.3) is 11.4 Å². The van der Waals surface area contributed by atoms with Crippen molar-refractivity contribution in [1.29, 1.82) is 0 Å². The van der Waals surface area contributed by atoms with Crippen molar-refractivity contribution < 1.29 is 0 Å². The first-order valence-electron chi connectivity index (χ1n) is 7.69. The molecule has 0 N–H and O–H groups in total. The van der Waals surface area contributed by atoms with E-state index in [4.69, 9.17) is 0 Å². The molecule has 0 unspecified atom stereocenters. The highest BCUT2D eigenvalue weighted by Gasteiger charge is 2.21. The van der Waals surface area contributed by atoms with E-state index in [1.54, 1.807) is 0 Å². The first-order valence-corrected chi connectivity index (χ1v) is 9.41. The summed E-state index contributed by atoms with van der Waals surface area (Å²) in [4.78, 5) is 0. The Balaban J connectivity index is 2.32. The van der Waals surface area contributed by atoms with Crippen LogP contribution < -0.4 is 10.4 Å². The normalized spacial score (nSPS) is 16.0. The Morgan fingerprint density at radius 2 is 1.77 bits per heavy atom. The number of hydrogen-bond acceptors (Lipinski definition) is 0. The summed E-state index contributed by atoms with van der Waals surface area (Å²) in [5.41, 5.74) is 2.84. The fourth-order valence-electron chi connectivity index (χ4n) is 3.07. The van der Waals surface area contributed by atoms with Gasteiger partial charge in [0.2, 0.25) is 0 Å². The maximum Gasteiger partial charge on any atom is -0.00812 e. The third-order valence-electron chi connectivity index (χ3n) is 4.03. The van der Waals surface area contributed by atoms with Gasteiger partial charge in [-0.2, -0.15) is 0 Å². The quantitative estimate of drug-likeness (QED) is 0.563. The van der Waals surface area contributed by atoms with Gasteiger partial charge in [-0.25, -0.2) is 0 Å². The van der Waals surface area contributed by atoms with Gasteiger partial charge in [-0.05, 0) is 45.6 Å². The van der Waals surface area contributed by atoms with Crippen LogP contribution in [0.4, 0.5) is 0 Å². The predicted octanol–water partition coefficient (Wildman–Crippen LogP) is 4.26. The minimum atomic E-state index is -0.309. The standard InChI is InChI=1S/C21H21P/c1-3-15-22(16-4-2)21-19-11-7-5-9-17(19)13-14-18-10-6-8-12-20(18)21/h3-9,11-14H,1-2,10,15-16H2. The van der Waals surface area contributed by atoms with Gasteiger partial charge in [0.25, 0.3) is 0 Å². The highest BCUT2D eigenvalue weighted by atomic mass is 31.1. The molecule has 1 aromatic rings. The second kappa shape index (κ2) is 6.90. The molecule has 110 valence electrons. The van der Waals surface area contributed by atoms with Crippen molar-refractivity contribution in [2.24, 2.45) is 0 Å².